The van der Waals surface area contributed by atoms with E-state index in [1.165, 1.54) is 24.3 Å². The lowest BCUT2D eigenvalue weighted by Gasteiger charge is -2.03. The van der Waals surface area contributed by atoms with Crippen LogP contribution in [0.2, 0.25) is 0 Å². The van der Waals surface area contributed by atoms with Gasteiger partial charge in [-0.15, -0.1) is 0 Å². The van der Waals surface area contributed by atoms with Crippen LogP contribution in [-0.2, 0) is 4.79 Å². The highest BCUT2D eigenvalue weighted by Crippen LogP contribution is 2.30. The molecule has 150 valence electrons. The Bertz CT molecular complexity index is 1210. The number of nitrogens with one attached hydrogen (secondary N) is 1. The maximum Gasteiger partial charge on any atom is 0.335 e. The van der Waals surface area contributed by atoms with Gasteiger partial charge in [-0.05, 0) is 66.7 Å². The lowest BCUT2D eigenvalue weighted by Crippen LogP contribution is -2.19. The van der Waals surface area contributed by atoms with Gasteiger partial charge in [-0.3, -0.25) is 4.79 Å². The molecule has 8 heteroatoms. The normalized spacial score (nSPS) is 16.3. The summed E-state index contributed by atoms with van der Waals surface area (Å²) in [5.41, 5.74) is 2.02. The number of carboxylic acid groups (broad SMARTS) is 1. The topological polar surface area (TPSA) is 91.9 Å². The Hall–Kier alpha value is -3.65. The van der Waals surface area contributed by atoms with Crippen molar-refractivity contribution in [2.75, 3.05) is 0 Å². The number of hydrogen-bond donors (Lipinski definition) is 2. The second kappa shape index (κ2) is 8.00. The molecule has 0 saturated carbocycles. The average molecular weight is 422 g/mol. The number of carbonyl (C=O) groups excluding carboxylic acids is 1. The lowest BCUT2D eigenvalue weighted by atomic mass is 10.0. The van der Waals surface area contributed by atoms with E-state index >= 15 is 0 Å². The summed E-state index contributed by atoms with van der Waals surface area (Å²) in [4.78, 5) is 28.2. The van der Waals surface area contributed by atoms with Crippen LogP contribution >= 0.6 is 11.8 Å². The predicted molar refractivity (Wildman–Crippen MR) is 113 cm³/mol. The van der Waals surface area contributed by atoms with Crippen molar-refractivity contribution in [2.24, 2.45) is 4.99 Å². The number of hydrogen-bond acceptors (Lipinski definition) is 5. The minimum atomic E-state index is -1.00. The molecule has 1 aliphatic heterocycles. The van der Waals surface area contributed by atoms with Crippen molar-refractivity contribution in [3.05, 3.63) is 82.2 Å². The molecule has 30 heavy (non-hydrogen) atoms. The van der Waals surface area contributed by atoms with Crippen molar-refractivity contribution in [3.8, 4) is 11.3 Å². The fraction of sp³-hybridized carbons (Fsp3) is 0.0455. The number of aromatic carboxylic acids is 1. The van der Waals surface area contributed by atoms with Gasteiger partial charge in [-0.25, -0.2) is 14.2 Å². The van der Waals surface area contributed by atoms with Crippen LogP contribution in [0.15, 0.2) is 68.9 Å². The van der Waals surface area contributed by atoms with E-state index in [9.17, 15) is 19.1 Å². The number of furan rings is 1. The van der Waals surface area contributed by atoms with E-state index in [4.69, 9.17) is 4.42 Å². The van der Waals surface area contributed by atoms with Gasteiger partial charge in [0.2, 0.25) is 0 Å². The fourth-order valence-corrected chi connectivity index (χ4v) is 3.66. The number of benzene rings is 2. The first-order chi connectivity index (χ1) is 14.4. The van der Waals surface area contributed by atoms with Crippen LogP contribution in [0.3, 0.4) is 0 Å². The molecule has 2 aromatic carbocycles. The Morgan fingerprint density at radius 3 is 2.67 bits per heavy atom. The number of aliphatic imine (C=N–C) groups is 1. The Morgan fingerprint density at radius 2 is 1.93 bits per heavy atom. The molecule has 1 amide bonds. The summed E-state index contributed by atoms with van der Waals surface area (Å²) in [5, 5.41) is 12.3. The zero-order valence-electron chi connectivity index (χ0n) is 15.7. The molecule has 1 aromatic heterocycles. The molecule has 6 nitrogen and oxygen atoms in total. The number of rotatable bonds is 4. The van der Waals surface area contributed by atoms with Crippen molar-refractivity contribution in [1.29, 1.82) is 0 Å². The molecule has 1 saturated heterocycles. The third-order valence-corrected chi connectivity index (χ3v) is 5.27. The number of aryl methyl sites for hydroxylation is 1. The number of thioether (sulfide) groups is 1. The Kier molecular flexibility index (Phi) is 5.24. The van der Waals surface area contributed by atoms with Crippen LogP contribution in [0.5, 0.6) is 0 Å². The molecule has 3 aromatic rings. The van der Waals surface area contributed by atoms with E-state index < -0.39 is 5.97 Å². The zero-order valence-corrected chi connectivity index (χ0v) is 16.5. The van der Waals surface area contributed by atoms with E-state index in [1.807, 2.05) is 0 Å². The fourth-order valence-electron chi connectivity index (χ4n) is 2.83. The summed E-state index contributed by atoms with van der Waals surface area (Å²) in [6, 6.07) is 14.1. The number of amidine groups is 1. The average Bonchev–Trinajstić information content (AvgIpc) is 3.31. The number of halogens is 1. The zero-order chi connectivity index (χ0) is 21.3. The first kappa shape index (κ1) is 19.7. The van der Waals surface area contributed by atoms with Crippen LogP contribution in [0.4, 0.5) is 10.1 Å². The number of carbonyl (C=O) groups is 2. The van der Waals surface area contributed by atoms with Crippen molar-refractivity contribution < 1.29 is 23.5 Å². The van der Waals surface area contributed by atoms with Crippen LogP contribution in [0.1, 0.15) is 21.7 Å². The molecule has 1 fully saturated rings. The van der Waals surface area contributed by atoms with Gasteiger partial charge >= 0.3 is 5.97 Å². The molecule has 0 aliphatic carbocycles. The molecule has 0 bridgehead atoms. The summed E-state index contributed by atoms with van der Waals surface area (Å²) in [5.74, 6) is -0.742. The number of carboxylic acids is 1. The monoisotopic (exact) mass is 422 g/mol. The largest absolute Gasteiger partial charge is 0.478 e. The summed E-state index contributed by atoms with van der Waals surface area (Å²) in [7, 11) is 0. The standard InChI is InChI=1S/C22H15FN2O4S/c1-12-2-3-13(10-17(12)21(27)28)18-9-8-16(29-18)11-19-20(26)25-22(30-19)24-15-6-4-14(23)5-7-15/h2-11H,1H3,(H,27,28)(H,24,25,26)/b19-11-. The quantitative estimate of drug-likeness (QED) is 0.579. The van der Waals surface area contributed by atoms with Gasteiger partial charge in [-0.1, -0.05) is 12.1 Å². The van der Waals surface area contributed by atoms with Gasteiger partial charge in [0, 0.05) is 11.6 Å². The van der Waals surface area contributed by atoms with E-state index in [0.29, 0.717) is 38.4 Å². The smallest absolute Gasteiger partial charge is 0.335 e. The highest BCUT2D eigenvalue weighted by Gasteiger charge is 2.24. The van der Waals surface area contributed by atoms with Crippen molar-refractivity contribution in [1.82, 2.24) is 5.32 Å². The van der Waals surface area contributed by atoms with Gasteiger partial charge in [0.25, 0.3) is 5.91 Å². The van der Waals surface area contributed by atoms with Gasteiger partial charge in [0.15, 0.2) is 5.17 Å². The lowest BCUT2D eigenvalue weighted by molar-refractivity contribution is -0.115. The van der Waals surface area contributed by atoms with Crippen molar-refractivity contribution >= 4 is 40.6 Å². The first-order valence-electron chi connectivity index (χ1n) is 8.88. The van der Waals surface area contributed by atoms with Crippen LogP contribution < -0.4 is 5.32 Å². The highest BCUT2D eigenvalue weighted by molar-refractivity contribution is 8.18. The summed E-state index contributed by atoms with van der Waals surface area (Å²) in [6.45, 7) is 1.73. The molecule has 4 rings (SSSR count). The molecular weight excluding hydrogens is 407 g/mol. The molecular formula is C22H15FN2O4S. The summed E-state index contributed by atoms with van der Waals surface area (Å²) in [6.07, 6.45) is 1.59. The van der Waals surface area contributed by atoms with Crippen LogP contribution in [0, 0.1) is 12.7 Å². The third kappa shape index (κ3) is 4.18. The molecule has 2 N–H and O–H groups in total. The number of nitrogens with zero attached hydrogens (tertiary/aromatic N) is 1. The van der Waals surface area contributed by atoms with E-state index in [0.717, 1.165) is 11.8 Å². The second-order valence-corrected chi connectivity index (χ2v) is 7.53. The Balaban J connectivity index is 1.56. The maximum atomic E-state index is 13.0. The molecule has 2 heterocycles. The molecule has 0 atom stereocenters. The van der Waals surface area contributed by atoms with E-state index in [1.54, 1.807) is 43.3 Å². The maximum absolute atomic E-state index is 13.0. The summed E-state index contributed by atoms with van der Waals surface area (Å²) < 4.78 is 18.8. The predicted octanol–water partition coefficient (Wildman–Crippen LogP) is 4.98. The van der Waals surface area contributed by atoms with E-state index in [-0.39, 0.29) is 17.3 Å². The van der Waals surface area contributed by atoms with Gasteiger partial charge in [-0.2, -0.15) is 0 Å². The molecule has 1 aliphatic rings. The Morgan fingerprint density at radius 1 is 1.17 bits per heavy atom. The third-order valence-electron chi connectivity index (χ3n) is 4.36. The molecule has 0 unspecified atom stereocenters. The minimum absolute atomic E-state index is 0.205. The van der Waals surface area contributed by atoms with Gasteiger partial charge in [0.05, 0.1) is 16.2 Å². The second-order valence-electron chi connectivity index (χ2n) is 6.50. The van der Waals surface area contributed by atoms with Crippen LogP contribution in [0.25, 0.3) is 17.4 Å². The highest BCUT2D eigenvalue weighted by atomic mass is 32.2. The number of amides is 1. The molecule has 0 radical (unpaired) electrons. The SMILES string of the molecule is Cc1ccc(-c2ccc(/C=C3\SC(=Nc4ccc(F)cc4)NC3=O)o2)cc1C(=O)O. The first-order valence-corrected chi connectivity index (χ1v) is 9.70. The van der Waals surface area contributed by atoms with E-state index in [2.05, 4.69) is 10.3 Å². The Labute approximate surface area is 175 Å². The van der Waals surface area contributed by atoms with Crippen LogP contribution in [-0.4, -0.2) is 22.2 Å². The minimum Gasteiger partial charge on any atom is -0.478 e. The molecule has 0 spiro atoms. The summed E-state index contributed by atoms with van der Waals surface area (Å²) >= 11 is 1.15. The van der Waals surface area contributed by atoms with Crippen molar-refractivity contribution in [3.63, 3.8) is 0 Å². The van der Waals surface area contributed by atoms with Gasteiger partial charge in [0.1, 0.15) is 17.3 Å². The van der Waals surface area contributed by atoms with Gasteiger partial charge < -0.3 is 14.8 Å². The van der Waals surface area contributed by atoms with Crippen molar-refractivity contribution in [2.45, 2.75) is 6.92 Å².